The molecule has 0 bridgehead atoms. The Morgan fingerprint density at radius 2 is 2.22 bits per heavy atom. The number of benzene rings is 1. The highest BCUT2D eigenvalue weighted by Gasteiger charge is 2.29. The van der Waals surface area contributed by atoms with Gasteiger partial charge in [-0.25, -0.2) is 0 Å². The summed E-state index contributed by atoms with van der Waals surface area (Å²) in [6.07, 6.45) is 2.03. The van der Waals surface area contributed by atoms with Crippen LogP contribution in [0.3, 0.4) is 0 Å². The number of amides is 1. The van der Waals surface area contributed by atoms with Gasteiger partial charge in [0.15, 0.2) is 0 Å². The van der Waals surface area contributed by atoms with Crippen molar-refractivity contribution in [3.63, 3.8) is 0 Å². The number of ether oxygens (including phenoxy) is 1. The largest absolute Gasteiger partial charge is 0.496 e. The molecule has 18 heavy (non-hydrogen) atoms. The number of rotatable bonds is 3. The fraction of sp³-hybridized carbons (Fsp3) is 0.462. The molecule has 0 aliphatic carbocycles. The highest BCUT2D eigenvalue weighted by Crippen LogP contribution is 2.24. The third kappa shape index (κ3) is 2.76. The van der Waals surface area contributed by atoms with Crippen LogP contribution in [0.5, 0.6) is 5.75 Å². The van der Waals surface area contributed by atoms with E-state index in [1.165, 1.54) is 0 Å². The van der Waals surface area contributed by atoms with E-state index in [4.69, 9.17) is 10.5 Å². The molecule has 100 valence electrons. The summed E-state index contributed by atoms with van der Waals surface area (Å²) in [4.78, 5) is 14.2. The van der Waals surface area contributed by atoms with E-state index in [1.807, 2.05) is 17.0 Å². The lowest BCUT2D eigenvalue weighted by Gasteiger charge is -2.24. The molecule has 1 fully saturated rings. The van der Waals surface area contributed by atoms with E-state index in [9.17, 15) is 4.79 Å². The molecule has 1 heterocycles. The summed E-state index contributed by atoms with van der Waals surface area (Å²) in [6.45, 7) is 1.32. The molecular formula is C13H19ClN2O2. The number of hydrogen-bond acceptors (Lipinski definition) is 3. The minimum Gasteiger partial charge on any atom is -0.496 e. The summed E-state index contributed by atoms with van der Waals surface area (Å²) in [5.74, 6) is 0.649. The molecule has 1 aliphatic heterocycles. The molecule has 1 aromatic carbocycles. The number of carbonyl (C=O) groups is 1. The Morgan fingerprint density at radius 1 is 1.50 bits per heavy atom. The average molecular weight is 271 g/mol. The zero-order valence-corrected chi connectivity index (χ0v) is 11.3. The molecule has 1 unspecified atom stereocenters. The summed E-state index contributed by atoms with van der Waals surface area (Å²) >= 11 is 0. The molecule has 4 nitrogen and oxygen atoms in total. The fourth-order valence-electron chi connectivity index (χ4n) is 2.32. The maximum atomic E-state index is 12.4. The van der Waals surface area contributed by atoms with Gasteiger partial charge in [0.05, 0.1) is 12.7 Å². The highest BCUT2D eigenvalue weighted by molar-refractivity contribution is 5.97. The lowest BCUT2D eigenvalue weighted by molar-refractivity contribution is 0.0738. The third-order valence-corrected chi connectivity index (χ3v) is 3.25. The van der Waals surface area contributed by atoms with Crippen LogP contribution >= 0.6 is 12.4 Å². The van der Waals surface area contributed by atoms with Crippen LogP contribution in [0.2, 0.25) is 0 Å². The number of hydrogen-bond donors (Lipinski definition) is 1. The van der Waals surface area contributed by atoms with E-state index >= 15 is 0 Å². The Morgan fingerprint density at radius 3 is 2.89 bits per heavy atom. The van der Waals surface area contributed by atoms with Crippen molar-refractivity contribution in [3.05, 3.63) is 29.8 Å². The topological polar surface area (TPSA) is 55.6 Å². The van der Waals surface area contributed by atoms with Crippen LogP contribution in [-0.4, -0.2) is 37.0 Å². The van der Waals surface area contributed by atoms with Gasteiger partial charge in [0.2, 0.25) is 0 Å². The first kappa shape index (κ1) is 14.8. The third-order valence-electron chi connectivity index (χ3n) is 3.25. The van der Waals surface area contributed by atoms with E-state index in [0.29, 0.717) is 17.9 Å². The first-order valence-corrected chi connectivity index (χ1v) is 5.92. The minimum atomic E-state index is 0. The molecule has 0 radical (unpaired) electrons. The molecule has 0 aromatic heterocycles. The van der Waals surface area contributed by atoms with E-state index in [1.54, 1.807) is 19.2 Å². The number of methoxy groups -OCH3 is 1. The highest BCUT2D eigenvalue weighted by atomic mass is 35.5. The Hall–Kier alpha value is -1.26. The molecule has 1 saturated heterocycles. The summed E-state index contributed by atoms with van der Waals surface area (Å²) in [6, 6.07) is 7.49. The van der Waals surface area contributed by atoms with Crippen molar-refractivity contribution in [2.45, 2.75) is 18.9 Å². The first-order chi connectivity index (χ1) is 8.27. The molecule has 1 aromatic rings. The maximum Gasteiger partial charge on any atom is 0.257 e. The van der Waals surface area contributed by atoms with Crippen molar-refractivity contribution < 1.29 is 9.53 Å². The number of likely N-dealkylation sites (tertiary alicyclic amines) is 1. The Kier molecular flexibility index (Phi) is 5.44. The van der Waals surface area contributed by atoms with Gasteiger partial charge in [-0.3, -0.25) is 4.79 Å². The van der Waals surface area contributed by atoms with Crippen LogP contribution in [0, 0.1) is 0 Å². The Balaban J connectivity index is 0.00000162. The molecule has 0 saturated carbocycles. The summed E-state index contributed by atoms with van der Waals surface area (Å²) < 4.78 is 5.22. The lowest BCUT2D eigenvalue weighted by Crippen LogP contribution is -2.40. The van der Waals surface area contributed by atoms with E-state index < -0.39 is 0 Å². The quantitative estimate of drug-likeness (QED) is 0.909. The van der Waals surface area contributed by atoms with Crippen molar-refractivity contribution in [2.24, 2.45) is 5.73 Å². The van der Waals surface area contributed by atoms with Gasteiger partial charge >= 0.3 is 0 Å². The van der Waals surface area contributed by atoms with Gasteiger partial charge in [0, 0.05) is 19.1 Å². The molecular weight excluding hydrogens is 252 g/mol. The predicted molar refractivity (Wildman–Crippen MR) is 73.4 cm³/mol. The van der Waals surface area contributed by atoms with Crippen LogP contribution in [0.25, 0.3) is 0 Å². The smallest absolute Gasteiger partial charge is 0.257 e. The van der Waals surface area contributed by atoms with Crippen molar-refractivity contribution in [3.8, 4) is 5.75 Å². The van der Waals surface area contributed by atoms with Gasteiger partial charge in [-0.05, 0) is 25.0 Å². The zero-order chi connectivity index (χ0) is 12.3. The normalized spacial score (nSPS) is 18.3. The second-order valence-electron chi connectivity index (χ2n) is 4.23. The van der Waals surface area contributed by atoms with Crippen LogP contribution in [0.1, 0.15) is 23.2 Å². The summed E-state index contributed by atoms with van der Waals surface area (Å²) in [5.41, 5.74) is 6.31. The first-order valence-electron chi connectivity index (χ1n) is 5.92. The van der Waals surface area contributed by atoms with Gasteiger partial charge in [0.25, 0.3) is 5.91 Å². The van der Waals surface area contributed by atoms with Crippen LogP contribution < -0.4 is 10.5 Å². The number of halogens is 1. The minimum absolute atomic E-state index is 0. The number of para-hydroxylation sites is 1. The summed E-state index contributed by atoms with van der Waals surface area (Å²) in [7, 11) is 1.58. The van der Waals surface area contributed by atoms with Crippen molar-refractivity contribution >= 4 is 18.3 Å². The molecule has 2 rings (SSSR count). The second kappa shape index (κ2) is 6.61. The fourth-order valence-corrected chi connectivity index (χ4v) is 2.32. The molecule has 2 N–H and O–H groups in total. The number of nitrogens with two attached hydrogens (primary N) is 1. The summed E-state index contributed by atoms with van der Waals surface area (Å²) in [5, 5.41) is 0. The molecule has 1 aliphatic rings. The molecule has 0 spiro atoms. The zero-order valence-electron chi connectivity index (χ0n) is 10.5. The van der Waals surface area contributed by atoms with E-state index in [0.717, 1.165) is 19.4 Å². The predicted octanol–water partition coefficient (Wildman–Crippen LogP) is 1.68. The van der Waals surface area contributed by atoms with Crippen LogP contribution in [0.4, 0.5) is 0 Å². The number of carbonyl (C=O) groups excluding carboxylic acids is 1. The van der Waals surface area contributed by atoms with Gasteiger partial charge in [-0.15, -0.1) is 12.4 Å². The van der Waals surface area contributed by atoms with Gasteiger partial charge < -0.3 is 15.4 Å². The van der Waals surface area contributed by atoms with Crippen LogP contribution in [-0.2, 0) is 0 Å². The second-order valence-corrected chi connectivity index (χ2v) is 4.23. The standard InChI is InChI=1S/C13H18N2O2.ClH/c1-17-12-7-3-2-6-11(12)13(16)15-8-4-5-10(15)9-14;/h2-3,6-7,10H,4-5,8-9,14H2,1H3;1H. The van der Waals surface area contributed by atoms with Crippen molar-refractivity contribution in [1.29, 1.82) is 0 Å². The lowest BCUT2D eigenvalue weighted by atomic mass is 10.1. The number of nitrogens with zero attached hydrogens (tertiary/aromatic N) is 1. The Bertz CT molecular complexity index is 412. The molecule has 1 amide bonds. The van der Waals surface area contributed by atoms with Crippen molar-refractivity contribution in [2.75, 3.05) is 20.2 Å². The molecule has 5 heteroatoms. The van der Waals surface area contributed by atoms with E-state index in [-0.39, 0.29) is 24.4 Å². The van der Waals surface area contributed by atoms with Crippen molar-refractivity contribution in [1.82, 2.24) is 4.90 Å². The average Bonchev–Trinajstić information content (AvgIpc) is 2.86. The van der Waals surface area contributed by atoms with Gasteiger partial charge in [-0.2, -0.15) is 0 Å². The SMILES string of the molecule is COc1ccccc1C(=O)N1CCCC1CN.Cl. The molecule has 1 atom stereocenters. The van der Waals surface area contributed by atoms with Crippen LogP contribution in [0.15, 0.2) is 24.3 Å². The Labute approximate surface area is 114 Å². The van der Waals surface area contributed by atoms with Gasteiger partial charge in [-0.1, -0.05) is 12.1 Å². The monoisotopic (exact) mass is 270 g/mol. The van der Waals surface area contributed by atoms with E-state index in [2.05, 4.69) is 0 Å². The van der Waals surface area contributed by atoms with Gasteiger partial charge in [0.1, 0.15) is 5.75 Å². The maximum absolute atomic E-state index is 12.4.